The summed E-state index contributed by atoms with van der Waals surface area (Å²) in [5, 5.41) is 13.0. The number of hydrogen-bond donors (Lipinski definition) is 0. The number of fused-ring (bicyclic) bond motifs is 1. The van der Waals surface area contributed by atoms with Gasteiger partial charge in [0, 0.05) is 17.5 Å². The second-order valence-electron chi connectivity index (χ2n) is 4.59. The number of hydrogen-bond acceptors (Lipinski definition) is 4. The molecule has 0 fully saturated rings. The zero-order chi connectivity index (χ0) is 14.1. The summed E-state index contributed by atoms with van der Waals surface area (Å²) in [6.45, 7) is 0.518. The first-order valence-electron chi connectivity index (χ1n) is 6.26. The Morgan fingerprint density at radius 2 is 2.20 bits per heavy atom. The molecule has 0 atom stereocenters. The average molecular weight is 288 g/mol. The normalized spacial score (nSPS) is 13.3. The number of amides is 1. The molecule has 20 heavy (non-hydrogen) atoms. The smallest absolute Gasteiger partial charge is 0.293 e. The Hall–Kier alpha value is -2.21. The van der Waals surface area contributed by atoms with Crippen molar-refractivity contribution in [3.05, 3.63) is 56.3 Å². The molecule has 0 bridgehead atoms. The van der Waals surface area contributed by atoms with Gasteiger partial charge in [-0.3, -0.25) is 14.9 Å². The second-order valence-corrected chi connectivity index (χ2v) is 5.63. The molecule has 102 valence electrons. The fourth-order valence-electron chi connectivity index (χ4n) is 2.49. The molecule has 0 aliphatic carbocycles. The van der Waals surface area contributed by atoms with Crippen molar-refractivity contribution in [2.24, 2.45) is 0 Å². The third-order valence-corrected chi connectivity index (χ3v) is 4.25. The summed E-state index contributed by atoms with van der Waals surface area (Å²) in [6, 6.07) is 8.77. The van der Waals surface area contributed by atoms with Crippen molar-refractivity contribution < 1.29 is 9.72 Å². The van der Waals surface area contributed by atoms with Crippen LogP contribution < -0.4 is 4.90 Å². The summed E-state index contributed by atoms with van der Waals surface area (Å²) in [5.41, 5.74) is 1.36. The summed E-state index contributed by atoms with van der Waals surface area (Å²) < 4.78 is 0. The van der Waals surface area contributed by atoms with E-state index >= 15 is 0 Å². The van der Waals surface area contributed by atoms with Crippen LogP contribution in [0.1, 0.15) is 10.4 Å². The maximum absolute atomic E-state index is 12.4. The molecule has 1 aromatic carbocycles. The number of nitro groups is 1. The van der Waals surface area contributed by atoms with Crippen molar-refractivity contribution in [1.29, 1.82) is 0 Å². The standard InChI is InChI=1S/C14H12N2O3S/c17-13(9-11-4-2-8-20-11)15-7-6-10-3-1-5-12(14(10)15)16(18)19/h1-5,8H,6-7,9H2. The van der Waals surface area contributed by atoms with Crippen LogP contribution in [0.15, 0.2) is 35.7 Å². The number of thiophene rings is 1. The van der Waals surface area contributed by atoms with Crippen molar-refractivity contribution in [3.63, 3.8) is 0 Å². The molecule has 0 saturated carbocycles. The van der Waals surface area contributed by atoms with E-state index in [0.29, 0.717) is 25.1 Å². The highest BCUT2D eigenvalue weighted by Crippen LogP contribution is 2.37. The predicted octanol–water partition coefficient (Wildman–Crippen LogP) is 2.79. The molecule has 0 unspecified atom stereocenters. The van der Waals surface area contributed by atoms with Gasteiger partial charge in [0.1, 0.15) is 5.69 Å². The van der Waals surface area contributed by atoms with Crippen LogP contribution in [0.2, 0.25) is 0 Å². The molecule has 1 aliphatic rings. The molecule has 1 amide bonds. The Morgan fingerprint density at radius 3 is 2.90 bits per heavy atom. The van der Waals surface area contributed by atoms with Crippen molar-refractivity contribution >= 4 is 28.6 Å². The number of nitrogens with zero attached hydrogens (tertiary/aromatic N) is 2. The molecule has 2 heterocycles. The minimum absolute atomic E-state index is 0.0135. The third-order valence-electron chi connectivity index (χ3n) is 3.38. The lowest BCUT2D eigenvalue weighted by Crippen LogP contribution is -2.30. The Balaban J connectivity index is 1.92. The number of carbonyl (C=O) groups excluding carboxylic acids is 1. The predicted molar refractivity (Wildman–Crippen MR) is 77.2 cm³/mol. The van der Waals surface area contributed by atoms with Crippen LogP contribution in [-0.4, -0.2) is 17.4 Å². The van der Waals surface area contributed by atoms with Gasteiger partial charge in [-0.1, -0.05) is 18.2 Å². The maximum Gasteiger partial charge on any atom is 0.293 e. The molecule has 1 aromatic heterocycles. The summed E-state index contributed by atoms with van der Waals surface area (Å²) in [6.07, 6.45) is 0.969. The van der Waals surface area contributed by atoms with E-state index in [1.807, 2.05) is 23.6 Å². The highest BCUT2D eigenvalue weighted by molar-refractivity contribution is 7.10. The van der Waals surface area contributed by atoms with Crippen LogP contribution in [0.3, 0.4) is 0 Å². The number of rotatable bonds is 3. The van der Waals surface area contributed by atoms with Gasteiger partial charge in [-0.2, -0.15) is 0 Å². The van der Waals surface area contributed by atoms with Crippen LogP contribution >= 0.6 is 11.3 Å². The van der Waals surface area contributed by atoms with Gasteiger partial charge in [-0.05, 0) is 23.4 Å². The summed E-state index contributed by atoms with van der Waals surface area (Å²) in [5.74, 6) is -0.0829. The first-order valence-corrected chi connectivity index (χ1v) is 7.14. The van der Waals surface area contributed by atoms with Gasteiger partial charge >= 0.3 is 0 Å². The van der Waals surface area contributed by atoms with Gasteiger partial charge in [0.25, 0.3) is 5.69 Å². The number of anilines is 1. The molecule has 0 radical (unpaired) electrons. The highest BCUT2D eigenvalue weighted by Gasteiger charge is 2.31. The monoisotopic (exact) mass is 288 g/mol. The molecule has 1 aliphatic heterocycles. The van der Waals surface area contributed by atoms with Crippen molar-refractivity contribution in [2.75, 3.05) is 11.4 Å². The molecular weight excluding hydrogens is 276 g/mol. The summed E-state index contributed by atoms with van der Waals surface area (Å²) >= 11 is 1.52. The Bertz CT molecular complexity index is 667. The van der Waals surface area contributed by atoms with E-state index in [9.17, 15) is 14.9 Å². The topological polar surface area (TPSA) is 63.5 Å². The molecule has 6 heteroatoms. The minimum atomic E-state index is -0.421. The summed E-state index contributed by atoms with van der Waals surface area (Å²) in [4.78, 5) is 25.6. The molecular formula is C14H12N2O3S. The lowest BCUT2D eigenvalue weighted by atomic mass is 10.1. The van der Waals surface area contributed by atoms with E-state index in [1.165, 1.54) is 17.4 Å². The van der Waals surface area contributed by atoms with Crippen molar-refractivity contribution in [1.82, 2.24) is 0 Å². The van der Waals surface area contributed by atoms with Crippen molar-refractivity contribution in [3.8, 4) is 0 Å². The molecule has 3 rings (SSSR count). The molecule has 2 aromatic rings. The van der Waals surface area contributed by atoms with E-state index in [4.69, 9.17) is 0 Å². The lowest BCUT2D eigenvalue weighted by molar-refractivity contribution is -0.384. The van der Waals surface area contributed by atoms with Crippen LogP contribution in [0.4, 0.5) is 11.4 Å². The number of nitro benzene ring substituents is 1. The number of para-hydroxylation sites is 1. The minimum Gasteiger partial charge on any atom is -0.306 e. The van der Waals surface area contributed by atoms with Crippen LogP contribution in [0, 0.1) is 10.1 Å². The molecule has 0 N–H and O–H groups in total. The SMILES string of the molecule is O=C(Cc1cccs1)N1CCc2cccc([N+](=O)[O-])c21. The summed E-state index contributed by atoms with van der Waals surface area (Å²) in [7, 11) is 0. The fraction of sp³-hybridized carbons (Fsp3) is 0.214. The van der Waals surface area contributed by atoms with Crippen LogP contribution in [-0.2, 0) is 17.6 Å². The van der Waals surface area contributed by atoms with E-state index < -0.39 is 4.92 Å². The van der Waals surface area contributed by atoms with E-state index in [-0.39, 0.29) is 11.6 Å². The fourth-order valence-corrected chi connectivity index (χ4v) is 3.19. The Morgan fingerprint density at radius 1 is 1.35 bits per heavy atom. The van der Waals surface area contributed by atoms with E-state index in [2.05, 4.69) is 0 Å². The quantitative estimate of drug-likeness (QED) is 0.644. The van der Waals surface area contributed by atoms with Gasteiger partial charge in [-0.15, -0.1) is 11.3 Å². The van der Waals surface area contributed by atoms with Crippen molar-refractivity contribution in [2.45, 2.75) is 12.8 Å². The average Bonchev–Trinajstić information content (AvgIpc) is 3.06. The van der Waals surface area contributed by atoms with Crippen LogP contribution in [0.5, 0.6) is 0 Å². The van der Waals surface area contributed by atoms with Gasteiger partial charge in [0.2, 0.25) is 5.91 Å². The van der Waals surface area contributed by atoms with Gasteiger partial charge in [0.05, 0.1) is 11.3 Å². The number of carbonyl (C=O) groups is 1. The maximum atomic E-state index is 12.4. The van der Waals surface area contributed by atoms with E-state index in [1.54, 1.807) is 11.0 Å². The molecule has 5 nitrogen and oxygen atoms in total. The third kappa shape index (κ3) is 2.18. The van der Waals surface area contributed by atoms with Gasteiger partial charge in [0.15, 0.2) is 0 Å². The Kier molecular flexibility index (Phi) is 3.23. The molecule has 0 spiro atoms. The zero-order valence-corrected chi connectivity index (χ0v) is 11.4. The largest absolute Gasteiger partial charge is 0.306 e. The second kappa shape index (κ2) is 5.05. The van der Waals surface area contributed by atoms with Gasteiger partial charge in [-0.25, -0.2) is 0 Å². The zero-order valence-electron chi connectivity index (χ0n) is 10.6. The number of benzene rings is 1. The first kappa shape index (κ1) is 12.8. The first-order chi connectivity index (χ1) is 9.66. The lowest BCUT2D eigenvalue weighted by Gasteiger charge is -2.16. The van der Waals surface area contributed by atoms with E-state index in [0.717, 1.165) is 10.4 Å². The van der Waals surface area contributed by atoms with Crippen LogP contribution in [0.25, 0.3) is 0 Å². The molecule has 0 saturated heterocycles. The highest BCUT2D eigenvalue weighted by atomic mass is 32.1. The Labute approximate surface area is 119 Å². The van der Waals surface area contributed by atoms with Gasteiger partial charge < -0.3 is 4.90 Å².